The number of hydrogen-bond acceptors (Lipinski definition) is 5. The third kappa shape index (κ3) is 5.24. The lowest BCUT2D eigenvalue weighted by Crippen LogP contribution is -2.21. The molecule has 6 nitrogen and oxygen atoms in total. The fourth-order valence-electron chi connectivity index (χ4n) is 2.12. The van der Waals surface area contributed by atoms with Crippen LogP contribution in [0.4, 0.5) is 5.69 Å². The average Bonchev–Trinajstić information content (AvgIpc) is 2.62. The molecule has 0 spiro atoms. The van der Waals surface area contributed by atoms with Crippen molar-refractivity contribution in [1.29, 1.82) is 0 Å². The summed E-state index contributed by atoms with van der Waals surface area (Å²) in [7, 11) is 1.56. The molecule has 25 heavy (non-hydrogen) atoms. The molecular weight excluding hydrogens is 322 g/mol. The van der Waals surface area contributed by atoms with Crippen molar-refractivity contribution in [2.45, 2.75) is 13.8 Å². The Kier molecular flexibility index (Phi) is 6.39. The normalized spacial score (nSPS) is 10.0. The Morgan fingerprint density at radius 2 is 1.84 bits per heavy atom. The minimum atomic E-state index is -0.425. The number of anilines is 1. The van der Waals surface area contributed by atoms with Gasteiger partial charge in [0.05, 0.1) is 19.3 Å². The van der Waals surface area contributed by atoms with Crippen molar-refractivity contribution in [3.05, 3.63) is 53.6 Å². The number of carbonyl (C=O) groups is 2. The summed E-state index contributed by atoms with van der Waals surface area (Å²) in [5, 5.41) is 2.74. The minimum Gasteiger partial charge on any atom is -0.497 e. The van der Waals surface area contributed by atoms with Crippen molar-refractivity contribution < 1.29 is 23.8 Å². The molecule has 2 rings (SSSR count). The van der Waals surface area contributed by atoms with Gasteiger partial charge in [-0.15, -0.1) is 0 Å². The Hall–Kier alpha value is -3.02. The van der Waals surface area contributed by atoms with Crippen molar-refractivity contribution in [3.63, 3.8) is 0 Å². The zero-order valence-corrected chi connectivity index (χ0v) is 14.5. The molecule has 1 N–H and O–H groups in total. The zero-order chi connectivity index (χ0) is 18.2. The highest BCUT2D eigenvalue weighted by atomic mass is 16.5. The van der Waals surface area contributed by atoms with Crippen LogP contribution in [0.25, 0.3) is 0 Å². The van der Waals surface area contributed by atoms with Gasteiger partial charge in [0.1, 0.15) is 11.5 Å². The lowest BCUT2D eigenvalue weighted by atomic mass is 10.1. The third-order valence-electron chi connectivity index (χ3n) is 3.43. The van der Waals surface area contributed by atoms with Crippen LogP contribution in [0.1, 0.15) is 22.8 Å². The fourth-order valence-corrected chi connectivity index (χ4v) is 2.12. The molecule has 2 aromatic carbocycles. The van der Waals surface area contributed by atoms with Crippen molar-refractivity contribution in [2.75, 3.05) is 25.6 Å². The largest absolute Gasteiger partial charge is 0.497 e. The van der Waals surface area contributed by atoms with Crippen LogP contribution in [-0.2, 0) is 9.53 Å². The second kappa shape index (κ2) is 8.73. The molecule has 0 fully saturated rings. The van der Waals surface area contributed by atoms with E-state index in [-0.39, 0.29) is 12.5 Å². The second-order valence-electron chi connectivity index (χ2n) is 5.27. The Labute approximate surface area is 146 Å². The predicted octanol–water partition coefficient (Wildman–Crippen LogP) is 3.20. The monoisotopic (exact) mass is 343 g/mol. The quantitative estimate of drug-likeness (QED) is 0.782. The topological polar surface area (TPSA) is 73.9 Å². The average molecular weight is 343 g/mol. The number of ether oxygens (including phenoxy) is 3. The molecule has 0 aliphatic heterocycles. The Morgan fingerprint density at radius 3 is 2.56 bits per heavy atom. The molecule has 0 unspecified atom stereocenters. The molecule has 132 valence electrons. The summed E-state index contributed by atoms with van der Waals surface area (Å²) in [4.78, 5) is 23.9. The maximum Gasteiger partial charge on any atom is 0.338 e. The first-order valence-corrected chi connectivity index (χ1v) is 7.88. The van der Waals surface area contributed by atoms with E-state index in [9.17, 15) is 9.59 Å². The molecular formula is C19H21NO5. The molecule has 0 heterocycles. The Morgan fingerprint density at radius 1 is 1.08 bits per heavy atom. The van der Waals surface area contributed by atoms with Crippen LogP contribution in [0.3, 0.4) is 0 Å². The van der Waals surface area contributed by atoms with Gasteiger partial charge in [0.15, 0.2) is 6.61 Å². The van der Waals surface area contributed by atoms with Gasteiger partial charge in [-0.25, -0.2) is 4.79 Å². The van der Waals surface area contributed by atoms with Gasteiger partial charge in [0, 0.05) is 11.8 Å². The van der Waals surface area contributed by atoms with Gasteiger partial charge in [0.25, 0.3) is 5.91 Å². The molecule has 0 atom stereocenters. The summed E-state index contributed by atoms with van der Waals surface area (Å²) >= 11 is 0. The van der Waals surface area contributed by atoms with Gasteiger partial charge < -0.3 is 19.5 Å². The van der Waals surface area contributed by atoms with Gasteiger partial charge in [-0.05, 0) is 43.7 Å². The van der Waals surface area contributed by atoms with E-state index in [4.69, 9.17) is 14.2 Å². The first kappa shape index (κ1) is 18.3. The maximum absolute atomic E-state index is 12.1. The Bertz CT molecular complexity index is 757. The molecule has 0 saturated carbocycles. The summed E-state index contributed by atoms with van der Waals surface area (Å²) in [6.45, 7) is 3.72. The van der Waals surface area contributed by atoms with Crippen LogP contribution in [-0.4, -0.2) is 32.2 Å². The minimum absolute atomic E-state index is 0.157. The van der Waals surface area contributed by atoms with E-state index in [0.29, 0.717) is 29.4 Å². The van der Waals surface area contributed by atoms with Crippen LogP contribution in [0, 0.1) is 6.92 Å². The molecule has 6 heteroatoms. The van der Waals surface area contributed by atoms with E-state index in [2.05, 4.69) is 5.32 Å². The number of esters is 1. The van der Waals surface area contributed by atoms with Crippen molar-refractivity contribution in [3.8, 4) is 11.5 Å². The van der Waals surface area contributed by atoms with E-state index >= 15 is 0 Å². The number of carbonyl (C=O) groups excluding carboxylic acids is 2. The maximum atomic E-state index is 12.1. The highest BCUT2D eigenvalue weighted by Crippen LogP contribution is 2.20. The van der Waals surface area contributed by atoms with Gasteiger partial charge in [-0.1, -0.05) is 12.1 Å². The van der Waals surface area contributed by atoms with Crippen molar-refractivity contribution >= 4 is 17.6 Å². The highest BCUT2D eigenvalue weighted by molar-refractivity contribution is 5.95. The SMILES string of the molecule is CCOC(=O)c1ccc(C)c(NC(=O)COc2cccc(OC)c2)c1. The number of nitrogens with one attached hydrogen (secondary N) is 1. The van der Waals surface area contributed by atoms with E-state index < -0.39 is 5.97 Å². The number of rotatable bonds is 7. The van der Waals surface area contributed by atoms with Crippen LogP contribution in [0.15, 0.2) is 42.5 Å². The van der Waals surface area contributed by atoms with Crippen LogP contribution < -0.4 is 14.8 Å². The molecule has 1 amide bonds. The third-order valence-corrected chi connectivity index (χ3v) is 3.43. The molecule has 0 bridgehead atoms. The lowest BCUT2D eigenvalue weighted by Gasteiger charge is -2.11. The lowest BCUT2D eigenvalue weighted by molar-refractivity contribution is -0.118. The van der Waals surface area contributed by atoms with E-state index in [1.54, 1.807) is 56.5 Å². The van der Waals surface area contributed by atoms with Gasteiger partial charge in [-0.2, -0.15) is 0 Å². The number of amides is 1. The van der Waals surface area contributed by atoms with E-state index in [1.165, 1.54) is 0 Å². The number of hydrogen-bond donors (Lipinski definition) is 1. The van der Waals surface area contributed by atoms with Crippen LogP contribution in [0.2, 0.25) is 0 Å². The number of aryl methyl sites for hydroxylation is 1. The fraction of sp³-hybridized carbons (Fsp3) is 0.263. The molecule has 2 aromatic rings. The smallest absolute Gasteiger partial charge is 0.338 e. The number of methoxy groups -OCH3 is 1. The first-order chi connectivity index (χ1) is 12.0. The molecule has 0 aromatic heterocycles. The molecule has 0 aliphatic rings. The van der Waals surface area contributed by atoms with Gasteiger partial charge >= 0.3 is 5.97 Å². The number of benzene rings is 2. The highest BCUT2D eigenvalue weighted by Gasteiger charge is 2.11. The summed E-state index contributed by atoms with van der Waals surface area (Å²) in [5.74, 6) is 0.431. The summed E-state index contributed by atoms with van der Waals surface area (Å²) in [5.41, 5.74) is 1.77. The predicted molar refractivity (Wildman–Crippen MR) is 94.3 cm³/mol. The van der Waals surface area contributed by atoms with Gasteiger partial charge in [0.2, 0.25) is 0 Å². The first-order valence-electron chi connectivity index (χ1n) is 7.88. The Balaban J connectivity index is 1.99. The van der Waals surface area contributed by atoms with E-state index in [1.807, 2.05) is 6.92 Å². The zero-order valence-electron chi connectivity index (χ0n) is 14.5. The van der Waals surface area contributed by atoms with Crippen molar-refractivity contribution in [1.82, 2.24) is 0 Å². The van der Waals surface area contributed by atoms with Gasteiger partial charge in [-0.3, -0.25) is 4.79 Å². The molecule has 0 aliphatic carbocycles. The molecule has 0 radical (unpaired) electrons. The molecule has 0 saturated heterocycles. The van der Waals surface area contributed by atoms with Crippen LogP contribution in [0.5, 0.6) is 11.5 Å². The summed E-state index contributed by atoms with van der Waals surface area (Å²) in [6, 6.07) is 12.0. The second-order valence-corrected chi connectivity index (χ2v) is 5.27. The summed E-state index contributed by atoms with van der Waals surface area (Å²) in [6.07, 6.45) is 0. The standard InChI is InChI=1S/C19H21NO5/c1-4-24-19(22)14-9-8-13(2)17(10-14)20-18(21)12-25-16-7-5-6-15(11-16)23-3/h5-11H,4,12H2,1-3H3,(H,20,21). The van der Waals surface area contributed by atoms with Crippen molar-refractivity contribution in [2.24, 2.45) is 0 Å². The van der Waals surface area contributed by atoms with Crippen LogP contribution >= 0.6 is 0 Å². The van der Waals surface area contributed by atoms with E-state index in [0.717, 1.165) is 5.56 Å². The summed E-state index contributed by atoms with van der Waals surface area (Å²) < 4.78 is 15.5.